The van der Waals surface area contributed by atoms with E-state index in [1.807, 2.05) is 25.1 Å². The number of nitrogens with zero attached hydrogens (tertiary/aromatic N) is 4. The van der Waals surface area contributed by atoms with E-state index in [1.165, 1.54) is 12.1 Å². The van der Waals surface area contributed by atoms with Crippen molar-refractivity contribution in [2.45, 2.75) is 19.6 Å². The van der Waals surface area contributed by atoms with E-state index in [4.69, 9.17) is 22.9 Å². The van der Waals surface area contributed by atoms with Gasteiger partial charge in [0.15, 0.2) is 5.84 Å². The summed E-state index contributed by atoms with van der Waals surface area (Å²) in [6, 6.07) is 19.1. The molecule has 0 bridgehead atoms. The molecule has 0 radical (unpaired) electrons. The van der Waals surface area contributed by atoms with Crippen molar-refractivity contribution in [3.05, 3.63) is 100 Å². The Morgan fingerprint density at radius 3 is 2.36 bits per heavy atom. The van der Waals surface area contributed by atoms with Gasteiger partial charge in [0.1, 0.15) is 0 Å². The Morgan fingerprint density at radius 2 is 1.74 bits per heavy atom. The molecule has 0 aliphatic rings. The zero-order valence-electron chi connectivity index (χ0n) is 20.6. The number of nitrogens with one attached hydrogen (secondary N) is 2. The zero-order chi connectivity index (χ0) is 28.2. The van der Waals surface area contributed by atoms with Crippen LogP contribution in [0.2, 0.25) is 5.02 Å². The molecular weight excluding hydrogens is 531 g/mol. The summed E-state index contributed by atoms with van der Waals surface area (Å²) in [7, 11) is 0. The Kier molecular flexibility index (Phi) is 8.10. The van der Waals surface area contributed by atoms with E-state index in [0.29, 0.717) is 28.4 Å². The monoisotopic (exact) mass is 553 g/mol. The highest BCUT2D eigenvalue weighted by Crippen LogP contribution is 2.33. The van der Waals surface area contributed by atoms with Crippen molar-refractivity contribution < 1.29 is 18.0 Å². The fourth-order valence-electron chi connectivity index (χ4n) is 3.93. The topological polar surface area (TPSA) is 122 Å². The average molecular weight is 554 g/mol. The maximum Gasteiger partial charge on any atom is 0.416 e. The van der Waals surface area contributed by atoms with Gasteiger partial charge >= 0.3 is 6.18 Å². The summed E-state index contributed by atoms with van der Waals surface area (Å²) in [5, 5.41) is 21.6. The molecule has 0 aliphatic carbocycles. The summed E-state index contributed by atoms with van der Waals surface area (Å²) >= 11 is 6.30. The van der Waals surface area contributed by atoms with Gasteiger partial charge in [-0.05, 0) is 66.6 Å². The van der Waals surface area contributed by atoms with E-state index in [-0.39, 0.29) is 12.4 Å². The Bertz CT molecular complexity index is 1510. The number of aromatic nitrogens is 2. The van der Waals surface area contributed by atoms with E-state index in [0.717, 1.165) is 34.5 Å². The molecule has 0 atom stereocenters. The van der Waals surface area contributed by atoms with Crippen LogP contribution in [0.25, 0.3) is 22.5 Å². The van der Waals surface area contributed by atoms with Crippen molar-refractivity contribution in [3.63, 3.8) is 0 Å². The summed E-state index contributed by atoms with van der Waals surface area (Å²) in [5.41, 5.74) is 3.99. The first kappa shape index (κ1) is 27.5. The molecule has 0 saturated heterocycles. The van der Waals surface area contributed by atoms with Crippen LogP contribution in [-0.2, 0) is 12.7 Å². The third-order valence-corrected chi connectivity index (χ3v) is 5.99. The van der Waals surface area contributed by atoms with Crippen LogP contribution in [0.4, 0.5) is 13.2 Å². The third kappa shape index (κ3) is 6.88. The van der Waals surface area contributed by atoms with Crippen LogP contribution in [0.1, 0.15) is 27.0 Å². The van der Waals surface area contributed by atoms with Crippen LogP contribution < -0.4 is 11.2 Å². The maximum absolute atomic E-state index is 13.0. The highest BCUT2D eigenvalue weighted by molar-refractivity contribution is 6.31. The summed E-state index contributed by atoms with van der Waals surface area (Å²) < 4.78 is 40.9. The molecule has 1 aromatic heterocycles. The number of amidine groups is 1. The molecule has 4 rings (SSSR count). The van der Waals surface area contributed by atoms with Crippen LogP contribution >= 0.6 is 11.6 Å². The predicted octanol–water partition coefficient (Wildman–Crippen LogP) is 6.28. The van der Waals surface area contributed by atoms with E-state index >= 15 is 0 Å². The zero-order valence-corrected chi connectivity index (χ0v) is 21.4. The lowest BCUT2D eigenvalue weighted by Gasteiger charge is -2.10. The molecule has 0 saturated carbocycles. The lowest BCUT2D eigenvalue weighted by atomic mass is 10.1. The number of alkyl halides is 3. The number of hydrogen-bond acceptors (Lipinski definition) is 4. The Morgan fingerprint density at radius 1 is 1.05 bits per heavy atom. The molecule has 12 heteroatoms. The Labute approximate surface area is 226 Å². The van der Waals surface area contributed by atoms with Gasteiger partial charge in [-0.3, -0.25) is 14.9 Å². The quantitative estimate of drug-likeness (QED) is 0.0820. The molecular formula is C27H23ClF3N7O. The van der Waals surface area contributed by atoms with Crippen molar-refractivity contribution in [1.82, 2.24) is 15.1 Å². The predicted molar refractivity (Wildman–Crippen MR) is 142 cm³/mol. The van der Waals surface area contributed by atoms with Crippen LogP contribution in [0.15, 0.2) is 83.1 Å². The number of carbonyl (C=O) groups is 1. The molecule has 39 heavy (non-hydrogen) atoms. The average Bonchev–Trinajstić information content (AvgIpc) is 3.31. The summed E-state index contributed by atoms with van der Waals surface area (Å²) in [6.07, 6.45) is -4.43. The minimum absolute atomic E-state index is 0.121. The van der Waals surface area contributed by atoms with Crippen LogP contribution in [0.3, 0.4) is 0 Å². The molecule has 3 aromatic carbocycles. The Balaban J connectivity index is 1.63. The van der Waals surface area contributed by atoms with Gasteiger partial charge in [0.05, 0.1) is 30.0 Å². The van der Waals surface area contributed by atoms with Crippen LogP contribution in [0.5, 0.6) is 0 Å². The van der Waals surface area contributed by atoms with Crippen LogP contribution in [0, 0.1) is 12.3 Å². The van der Waals surface area contributed by atoms with E-state index in [1.54, 1.807) is 35.0 Å². The number of amides is 1. The van der Waals surface area contributed by atoms with Gasteiger partial charge < -0.3 is 11.2 Å². The number of carbonyl (C=O) groups excluding carboxylic acids is 1. The van der Waals surface area contributed by atoms with E-state index < -0.39 is 17.6 Å². The molecule has 0 aliphatic heterocycles. The normalized spacial score (nSPS) is 11.6. The highest BCUT2D eigenvalue weighted by Gasteiger charge is 2.30. The molecule has 8 nitrogen and oxygen atoms in total. The summed E-state index contributed by atoms with van der Waals surface area (Å²) in [6.45, 7) is 2.12. The van der Waals surface area contributed by atoms with Gasteiger partial charge in [0.2, 0.25) is 0 Å². The smallest absolute Gasteiger partial charge is 0.345 e. The van der Waals surface area contributed by atoms with Crippen molar-refractivity contribution in [2.24, 2.45) is 16.2 Å². The second kappa shape index (κ2) is 11.5. The number of halogens is 4. The third-order valence-electron chi connectivity index (χ3n) is 5.77. The minimum atomic E-state index is -4.43. The molecule has 200 valence electrons. The molecule has 4 N–H and O–H groups in total. The van der Waals surface area contributed by atoms with Crippen molar-refractivity contribution in [2.75, 3.05) is 6.54 Å². The first-order valence-electron chi connectivity index (χ1n) is 11.6. The number of aryl methyl sites for hydroxylation is 1. The first-order valence-corrected chi connectivity index (χ1v) is 12.0. The van der Waals surface area contributed by atoms with Gasteiger partial charge in [-0.15, -0.1) is 5.11 Å². The van der Waals surface area contributed by atoms with Gasteiger partial charge in [-0.1, -0.05) is 41.1 Å². The van der Waals surface area contributed by atoms with Crippen LogP contribution in [-0.4, -0.2) is 28.1 Å². The fraction of sp³-hybridized carbons (Fsp3) is 0.148. The number of benzene rings is 3. The first-order chi connectivity index (χ1) is 18.5. The van der Waals surface area contributed by atoms with E-state index in [2.05, 4.69) is 20.8 Å². The second-order valence-corrected chi connectivity index (χ2v) is 9.14. The number of rotatable bonds is 7. The highest BCUT2D eigenvalue weighted by atomic mass is 35.5. The fourth-order valence-corrected chi connectivity index (χ4v) is 4.22. The summed E-state index contributed by atoms with van der Waals surface area (Å²) in [4.78, 5) is 12.4. The Hall–Kier alpha value is -4.51. The molecule has 1 heterocycles. The second-order valence-electron chi connectivity index (χ2n) is 8.71. The van der Waals surface area contributed by atoms with Crippen molar-refractivity contribution in [3.8, 4) is 22.5 Å². The molecule has 4 aromatic rings. The SMILES string of the molecule is Cc1cc(Cl)cc(-c2cc(-c3ccc(C(F)(F)F)cc3)nn2Cc2ccc(C(=O)NCC(=N)N=NN)cc2)c1. The van der Waals surface area contributed by atoms with Gasteiger partial charge in [-0.25, -0.2) is 0 Å². The lowest BCUT2D eigenvalue weighted by Crippen LogP contribution is -2.28. The summed E-state index contributed by atoms with van der Waals surface area (Å²) in [5.74, 6) is 4.32. The molecule has 0 spiro atoms. The molecule has 1 amide bonds. The van der Waals surface area contributed by atoms with Gasteiger partial charge in [0, 0.05) is 21.7 Å². The number of nitrogens with two attached hydrogens (primary N) is 1. The lowest BCUT2D eigenvalue weighted by molar-refractivity contribution is -0.137. The van der Waals surface area contributed by atoms with Gasteiger partial charge in [-0.2, -0.15) is 18.3 Å². The largest absolute Gasteiger partial charge is 0.416 e. The molecule has 0 unspecified atom stereocenters. The van der Waals surface area contributed by atoms with Gasteiger partial charge in [0.25, 0.3) is 5.91 Å². The minimum Gasteiger partial charge on any atom is -0.345 e. The van der Waals surface area contributed by atoms with E-state index in [9.17, 15) is 18.0 Å². The molecule has 0 fully saturated rings. The maximum atomic E-state index is 13.0. The standard InChI is InChI=1S/C27H23ClF3N7O/c1-16-10-20(12-22(28)11-16)24-13-23(18-6-8-21(9-7-18)27(29,30)31)36-38(24)15-17-2-4-19(5-3-17)26(39)34-14-25(32)35-37-33/h2-13H,14-15H2,1H3,(H,34,39)(H3,32,33,35). The van der Waals surface area contributed by atoms with Crippen molar-refractivity contribution >= 4 is 23.3 Å². The number of hydrogen-bond donors (Lipinski definition) is 3. The van der Waals surface area contributed by atoms with Crippen molar-refractivity contribution in [1.29, 1.82) is 5.41 Å².